The first-order valence-electron chi connectivity index (χ1n) is 39.6. The van der Waals surface area contributed by atoms with E-state index in [1.54, 1.807) is 0 Å². The fourth-order valence-corrected chi connectivity index (χ4v) is 22.0. The zero-order chi connectivity index (χ0) is 76.4. The fraction of sp³-hybridized carbons (Fsp3) is 0.0182. The van der Waals surface area contributed by atoms with Crippen LogP contribution in [0, 0.1) is 0 Å². The number of hydrogen-bond acceptors (Lipinski definition) is 6. The van der Waals surface area contributed by atoms with Crippen molar-refractivity contribution in [3.05, 3.63) is 456 Å². The highest BCUT2D eigenvalue weighted by molar-refractivity contribution is 7.20. The summed E-state index contributed by atoms with van der Waals surface area (Å²) in [5.41, 5.74) is 37.3. The first kappa shape index (κ1) is 67.3. The summed E-state index contributed by atoms with van der Waals surface area (Å²) >= 11 is 3.90. The first-order chi connectivity index (χ1) is 57.5. The summed E-state index contributed by atoms with van der Waals surface area (Å²) in [5, 5.41) is 2.66. The Hall–Kier alpha value is -14.4. The molecule has 20 aromatic rings. The van der Waals surface area contributed by atoms with Crippen molar-refractivity contribution in [2.24, 2.45) is 0 Å². The zero-order valence-electron chi connectivity index (χ0n) is 62.9. The standard InChI is InChI=1S/2C55H34N2S/c1-3-15-35(16-4-1)36-29-31-37(32-30-36)48-34-49(57-54(56-48)38-17-5-2-6-18-38)40-20-13-19-39(33-40)41-24-14-27-47-51(41)42-21-7-10-25-45(42)55(47)46-26-11-8-22-43(46)52-44-23-9-12-28-50(44)58-53(52)55;1-3-14-35(15-4-1)36-26-28-38(29-27-36)50-34-49(37-16-5-2-6-17-37)56-54(57-50)41-19-13-18-39(32-41)40-30-31-48-45(33-40)52-44-22-9-12-25-51(44)58-53(52)55(48)46-23-10-7-20-42(46)43-21-8-11-24-47(43)55/h2*1-34H. The Labute approximate surface area is 681 Å². The Kier molecular flexibility index (Phi) is 15.8. The Morgan fingerprint density at radius 1 is 0.172 bits per heavy atom. The van der Waals surface area contributed by atoms with Crippen molar-refractivity contribution in [3.63, 3.8) is 0 Å². The van der Waals surface area contributed by atoms with Crippen LogP contribution in [0.3, 0.4) is 0 Å². The van der Waals surface area contributed by atoms with E-state index in [2.05, 4.69) is 388 Å². The van der Waals surface area contributed by atoms with Gasteiger partial charge in [0.25, 0.3) is 0 Å². The molecule has 0 aliphatic heterocycles. The average Bonchev–Trinajstić information content (AvgIpc) is 1.51. The van der Waals surface area contributed by atoms with Gasteiger partial charge in [0, 0.05) is 74.4 Å². The molecular formula is C110H68N4S2. The smallest absolute Gasteiger partial charge is 0.160 e. The molecule has 0 fully saturated rings. The second-order valence-electron chi connectivity index (χ2n) is 30.5. The van der Waals surface area contributed by atoms with E-state index in [-0.39, 0.29) is 5.41 Å². The highest BCUT2D eigenvalue weighted by atomic mass is 32.1. The van der Waals surface area contributed by atoms with Crippen LogP contribution in [0.5, 0.6) is 0 Å². The molecule has 0 saturated heterocycles. The average molecular weight is 1510 g/mol. The Bertz CT molecular complexity index is 7260. The topological polar surface area (TPSA) is 51.6 Å². The predicted molar refractivity (Wildman–Crippen MR) is 482 cm³/mol. The molecule has 4 aliphatic rings. The molecule has 0 N–H and O–H groups in total. The van der Waals surface area contributed by atoms with E-state index < -0.39 is 5.41 Å². The quantitative estimate of drug-likeness (QED) is 0.137. The molecule has 4 nitrogen and oxygen atoms in total. The molecule has 24 rings (SSSR count). The lowest BCUT2D eigenvalue weighted by Gasteiger charge is -2.29. The van der Waals surface area contributed by atoms with Gasteiger partial charge in [-0.15, -0.1) is 22.7 Å². The molecule has 0 saturated carbocycles. The van der Waals surface area contributed by atoms with Crippen molar-refractivity contribution >= 4 is 42.8 Å². The minimum atomic E-state index is -0.392. The number of hydrogen-bond donors (Lipinski definition) is 0. The van der Waals surface area contributed by atoms with Crippen LogP contribution >= 0.6 is 22.7 Å². The van der Waals surface area contributed by atoms with Gasteiger partial charge < -0.3 is 0 Å². The molecule has 116 heavy (non-hydrogen) atoms. The van der Waals surface area contributed by atoms with Gasteiger partial charge >= 0.3 is 0 Å². The van der Waals surface area contributed by atoms with Crippen LogP contribution in [0.1, 0.15) is 43.1 Å². The van der Waals surface area contributed by atoms with Crippen LogP contribution in [-0.4, -0.2) is 19.9 Å². The Morgan fingerprint density at radius 3 is 1.03 bits per heavy atom. The van der Waals surface area contributed by atoms with E-state index in [0.717, 1.165) is 67.3 Å². The first-order valence-corrected chi connectivity index (χ1v) is 41.3. The number of nitrogens with zero attached hydrogens (tertiary/aromatic N) is 4. The molecule has 4 heterocycles. The minimum absolute atomic E-state index is 0.358. The van der Waals surface area contributed by atoms with Crippen LogP contribution in [0.15, 0.2) is 413 Å². The number of benzene rings is 16. The second-order valence-corrected chi connectivity index (χ2v) is 32.6. The third-order valence-corrected chi connectivity index (χ3v) is 26.8. The molecule has 4 aromatic heterocycles. The van der Waals surface area contributed by atoms with Crippen LogP contribution in [0.4, 0.5) is 0 Å². The van der Waals surface area contributed by atoms with Gasteiger partial charge in [0.15, 0.2) is 11.6 Å². The number of aromatic nitrogens is 4. The van der Waals surface area contributed by atoms with Crippen molar-refractivity contribution in [1.82, 2.24) is 19.9 Å². The van der Waals surface area contributed by atoms with Gasteiger partial charge in [-0.3, -0.25) is 0 Å². The summed E-state index contributed by atoms with van der Waals surface area (Å²) in [4.78, 5) is 23.6. The highest BCUT2D eigenvalue weighted by Gasteiger charge is 2.55. The maximum Gasteiger partial charge on any atom is 0.160 e. The molecule has 1 atom stereocenters. The molecule has 1 unspecified atom stereocenters. The molecule has 6 heteroatoms. The van der Waals surface area contributed by atoms with Crippen molar-refractivity contribution in [1.29, 1.82) is 0 Å². The van der Waals surface area contributed by atoms with Gasteiger partial charge in [0.05, 0.1) is 33.6 Å². The van der Waals surface area contributed by atoms with Crippen molar-refractivity contribution in [2.75, 3.05) is 0 Å². The summed E-state index contributed by atoms with van der Waals surface area (Å²) < 4.78 is 2.66. The van der Waals surface area contributed by atoms with Crippen LogP contribution in [0.25, 0.3) is 177 Å². The van der Waals surface area contributed by atoms with Gasteiger partial charge in [0.1, 0.15) is 0 Å². The lowest BCUT2D eigenvalue weighted by molar-refractivity contribution is 0.812. The van der Waals surface area contributed by atoms with Crippen LogP contribution in [0.2, 0.25) is 0 Å². The molecule has 0 bridgehead atoms. The van der Waals surface area contributed by atoms with E-state index in [0.29, 0.717) is 11.6 Å². The van der Waals surface area contributed by atoms with E-state index >= 15 is 0 Å². The van der Waals surface area contributed by atoms with Gasteiger partial charge in [-0.2, -0.15) is 0 Å². The lowest BCUT2D eigenvalue weighted by Crippen LogP contribution is -2.24. The van der Waals surface area contributed by atoms with E-state index in [4.69, 9.17) is 19.9 Å². The molecule has 0 radical (unpaired) electrons. The van der Waals surface area contributed by atoms with E-state index in [1.165, 1.54) is 141 Å². The van der Waals surface area contributed by atoms with E-state index in [9.17, 15) is 0 Å². The van der Waals surface area contributed by atoms with Gasteiger partial charge in [-0.1, -0.05) is 370 Å². The Morgan fingerprint density at radius 2 is 0.483 bits per heavy atom. The van der Waals surface area contributed by atoms with Gasteiger partial charge in [0.2, 0.25) is 0 Å². The molecule has 16 aromatic carbocycles. The molecule has 4 aliphatic carbocycles. The van der Waals surface area contributed by atoms with Gasteiger partial charge in [-0.25, -0.2) is 19.9 Å². The predicted octanol–water partition coefficient (Wildman–Crippen LogP) is 28.7. The van der Waals surface area contributed by atoms with Crippen LogP contribution < -0.4 is 0 Å². The molecule has 2 spiro atoms. The van der Waals surface area contributed by atoms with Crippen molar-refractivity contribution < 1.29 is 0 Å². The van der Waals surface area contributed by atoms with E-state index in [1.807, 2.05) is 46.9 Å². The largest absolute Gasteiger partial charge is 0.228 e. The second kappa shape index (κ2) is 27.2. The number of rotatable bonds is 10. The Balaban J connectivity index is 0.000000137. The third-order valence-electron chi connectivity index (χ3n) is 24.2. The van der Waals surface area contributed by atoms with Crippen molar-refractivity contribution in [3.8, 4) is 157 Å². The maximum absolute atomic E-state index is 5.23. The highest BCUT2D eigenvalue weighted by Crippen LogP contribution is 2.69. The van der Waals surface area contributed by atoms with Crippen LogP contribution in [-0.2, 0) is 10.8 Å². The third kappa shape index (κ3) is 10.6. The minimum Gasteiger partial charge on any atom is -0.228 e. The summed E-state index contributed by atoms with van der Waals surface area (Å²) in [6, 6.07) is 149. The molecule has 540 valence electrons. The maximum atomic E-state index is 5.23. The molecular weight excluding hydrogens is 1440 g/mol. The zero-order valence-corrected chi connectivity index (χ0v) is 64.5. The normalized spacial score (nSPS) is 13.8. The number of fused-ring (bicyclic) bond motifs is 24. The fourth-order valence-electron chi connectivity index (χ4n) is 19.1. The SMILES string of the molecule is c1ccc(-c2ccc(-c3cc(-c4cccc(-c5cccc6c5-c5ccccc5C65c6ccccc6-c6c5sc5ccccc65)c4)nc(-c4ccccc4)n3)cc2)cc1.c1ccc(-c2ccc(-c3cc(-c4ccccc4)nc(-c4cccc(-c5ccc6c(c5)-c5c(sc7ccccc57)C65c6ccccc6-c6ccccc65)c4)n3)cc2)cc1. The summed E-state index contributed by atoms with van der Waals surface area (Å²) in [7, 11) is 0. The number of thiophene rings is 2. The monoisotopic (exact) mass is 1510 g/mol. The lowest BCUT2D eigenvalue weighted by atomic mass is 9.73. The summed E-state index contributed by atoms with van der Waals surface area (Å²) in [6.45, 7) is 0. The summed E-state index contributed by atoms with van der Waals surface area (Å²) in [6.07, 6.45) is 0. The summed E-state index contributed by atoms with van der Waals surface area (Å²) in [5.74, 6) is 1.41. The molecule has 0 amide bonds. The van der Waals surface area contributed by atoms with Gasteiger partial charge in [-0.05, 0) is 154 Å². The van der Waals surface area contributed by atoms with Crippen molar-refractivity contribution in [2.45, 2.75) is 10.8 Å².